The largest absolute Gasteiger partial charge is 0.338 e. The van der Waals surface area contributed by atoms with Crippen LogP contribution in [-0.4, -0.2) is 39.3 Å². The van der Waals surface area contributed by atoms with Gasteiger partial charge in [-0.05, 0) is 24.0 Å². The fourth-order valence-electron chi connectivity index (χ4n) is 2.78. The molecule has 1 aliphatic heterocycles. The minimum absolute atomic E-state index is 0.0347. The van der Waals surface area contributed by atoms with Crippen LogP contribution < -0.4 is 5.73 Å². The van der Waals surface area contributed by atoms with Crippen LogP contribution >= 0.6 is 0 Å². The molecule has 5 nitrogen and oxygen atoms in total. The lowest BCUT2D eigenvalue weighted by molar-refractivity contribution is 0.0532. The number of rotatable bonds is 1. The Hall–Kier alpha value is -1.88. The molecule has 0 spiro atoms. The monoisotopic (exact) mass is 272 g/mol. The number of hydrogen-bond donors (Lipinski definition) is 1. The van der Waals surface area contributed by atoms with Crippen LogP contribution in [0.4, 0.5) is 0 Å². The Labute approximate surface area is 118 Å². The van der Waals surface area contributed by atoms with Crippen LogP contribution in [0, 0.1) is 5.41 Å². The zero-order chi connectivity index (χ0) is 14.3. The van der Waals surface area contributed by atoms with Crippen molar-refractivity contribution in [3.63, 3.8) is 0 Å². The van der Waals surface area contributed by atoms with Crippen LogP contribution in [0.1, 0.15) is 30.6 Å². The van der Waals surface area contributed by atoms with Gasteiger partial charge in [0.05, 0.1) is 5.56 Å². The first-order valence-corrected chi connectivity index (χ1v) is 6.95. The highest BCUT2D eigenvalue weighted by Gasteiger charge is 2.35. The van der Waals surface area contributed by atoms with Crippen molar-refractivity contribution in [2.45, 2.75) is 26.3 Å². The molecular formula is C15H20N4O. The number of pyridine rings is 1. The fourth-order valence-corrected chi connectivity index (χ4v) is 2.78. The molecule has 20 heavy (non-hydrogen) atoms. The number of carbonyl (C=O) groups excluding carboxylic acids is 1. The van der Waals surface area contributed by atoms with Crippen molar-refractivity contribution in [1.29, 1.82) is 0 Å². The lowest BCUT2D eigenvalue weighted by Crippen LogP contribution is -2.54. The number of likely N-dealkylation sites (tertiary alicyclic amines) is 1. The molecule has 0 saturated carbocycles. The zero-order valence-corrected chi connectivity index (χ0v) is 11.9. The molecule has 1 atom stereocenters. The van der Waals surface area contributed by atoms with E-state index in [1.54, 1.807) is 6.20 Å². The third-order valence-electron chi connectivity index (χ3n) is 4.24. The first-order valence-electron chi connectivity index (χ1n) is 6.95. The van der Waals surface area contributed by atoms with Crippen LogP contribution in [0.3, 0.4) is 0 Å². The fraction of sp³-hybridized carbons (Fsp3) is 0.467. The summed E-state index contributed by atoms with van der Waals surface area (Å²) in [4.78, 5) is 18.7. The van der Waals surface area contributed by atoms with E-state index in [0.717, 1.165) is 18.6 Å². The molecule has 2 N–H and O–H groups in total. The highest BCUT2D eigenvalue weighted by Crippen LogP contribution is 2.28. The molecule has 0 bridgehead atoms. The van der Waals surface area contributed by atoms with Crippen LogP contribution in [0.15, 0.2) is 30.7 Å². The normalized spacial score (nSPS) is 22.1. The molecule has 1 saturated heterocycles. The molecule has 2 aromatic rings. The average molecular weight is 272 g/mol. The van der Waals surface area contributed by atoms with Gasteiger partial charge in [0.2, 0.25) is 0 Å². The second kappa shape index (κ2) is 4.59. The highest BCUT2D eigenvalue weighted by molar-refractivity contribution is 5.94. The van der Waals surface area contributed by atoms with E-state index in [1.807, 2.05) is 33.8 Å². The maximum absolute atomic E-state index is 12.6. The molecule has 0 aromatic carbocycles. The second-order valence-corrected chi connectivity index (χ2v) is 6.22. The Morgan fingerprint density at radius 3 is 3.00 bits per heavy atom. The summed E-state index contributed by atoms with van der Waals surface area (Å²) in [6, 6.07) is 3.86. The predicted molar refractivity (Wildman–Crippen MR) is 77.5 cm³/mol. The summed E-state index contributed by atoms with van der Waals surface area (Å²) in [6.07, 6.45) is 6.27. The first kappa shape index (κ1) is 13.1. The van der Waals surface area contributed by atoms with Crippen molar-refractivity contribution in [1.82, 2.24) is 14.3 Å². The summed E-state index contributed by atoms with van der Waals surface area (Å²) in [5.41, 5.74) is 7.63. The van der Waals surface area contributed by atoms with E-state index in [2.05, 4.69) is 18.8 Å². The number of piperidine rings is 1. The minimum Gasteiger partial charge on any atom is -0.338 e. The zero-order valence-electron chi connectivity index (χ0n) is 11.9. The molecule has 0 aliphatic carbocycles. The molecule has 3 heterocycles. The van der Waals surface area contributed by atoms with Gasteiger partial charge in [0.1, 0.15) is 5.65 Å². The Morgan fingerprint density at radius 1 is 1.45 bits per heavy atom. The molecule has 5 heteroatoms. The molecule has 1 fully saturated rings. The van der Waals surface area contributed by atoms with E-state index in [4.69, 9.17) is 5.73 Å². The van der Waals surface area contributed by atoms with Gasteiger partial charge in [0.15, 0.2) is 0 Å². The van der Waals surface area contributed by atoms with Crippen molar-refractivity contribution in [2.75, 3.05) is 13.1 Å². The summed E-state index contributed by atoms with van der Waals surface area (Å²) in [5, 5.41) is 0. The van der Waals surface area contributed by atoms with Crippen molar-refractivity contribution in [3.8, 4) is 0 Å². The maximum Gasteiger partial charge on any atom is 0.255 e. The number of hydrogen-bond acceptors (Lipinski definition) is 3. The number of fused-ring (bicyclic) bond motifs is 1. The Balaban J connectivity index is 1.85. The van der Waals surface area contributed by atoms with Crippen molar-refractivity contribution < 1.29 is 4.79 Å². The first-order chi connectivity index (χ1) is 9.47. The quantitative estimate of drug-likeness (QED) is 0.856. The van der Waals surface area contributed by atoms with Crippen LogP contribution in [0.25, 0.3) is 5.65 Å². The highest BCUT2D eigenvalue weighted by atomic mass is 16.2. The van der Waals surface area contributed by atoms with Gasteiger partial charge < -0.3 is 15.0 Å². The van der Waals surface area contributed by atoms with Crippen molar-refractivity contribution >= 4 is 11.6 Å². The molecule has 3 rings (SSSR count). The summed E-state index contributed by atoms with van der Waals surface area (Å²) >= 11 is 0. The van der Waals surface area contributed by atoms with Gasteiger partial charge in [-0.3, -0.25) is 4.79 Å². The van der Waals surface area contributed by atoms with Crippen molar-refractivity contribution in [2.24, 2.45) is 11.1 Å². The van der Waals surface area contributed by atoms with Gasteiger partial charge in [0.25, 0.3) is 5.91 Å². The molecular weight excluding hydrogens is 252 g/mol. The van der Waals surface area contributed by atoms with E-state index in [0.29, 0.717) is 12.1 Å². The standard InChI is InChI=1S/C15H20N4O/c1-15(2)10-19(7-5-12(15)16)14(20)11-3-4-13-17-6-8-18(13)9-11/h3-4,6,8-9,12H,5,7,10,16H2,1-2H3. The summed E-state index contributed by atoms with van der Waals surface area (Å²) in [6.45, 7) is 5.67. The number of carbonyl (C=O) groups is 1. The summed E-state index contributed by atoms with van der Waals surface area (Å²) < 4.78 is 1.87. The molecule has 0 radical (unpaired) electrons. The number of aromatic nitrogens is 2. The number of nitrogens with zero attached hydrogens (tertiary/aromatic N) is 3. The molecule has 2 aromatic heterocycles. The van der Waals surface area contributed by atoms with E-state index in [9.17, 15) is 4.79 Å². The predicted octanol–water partition coefficient (Wildman–Crippen LogP) is 1.53. The van der Waals surface area contributed by atoms with Crippen LogP contribution in [0.5, 0.6) is 0 Å². The number of imidazole rings is 1. The smallest absolute Gasteiger partial charge is 0.255 e. The van der Waals surface area contributed by atoms with E-state index in [1.165, 1.54) is 0 Å². The Bertz CT molecular complexity index is 646. The van der Waals surface area contributed by atoms with Crippen LogP contribution in [-0.2, 0) is 0 Å². The Morgan fingerprint density at radius 2 is 2.25 bits per heavy atom. The molecule has 1 unspecified atom stereocenters. The van der Waals surface area contributed by atoms with Gasteiger partial charge in [-0.25, -0.2) is 4.98 Å². The van der Waals surface area contributed by atoms with Crippen molar-refractivity contribution in [3.05, 3.63) is 36.3 Å². The maximum atomic E-state index is 12.6. The van der Waals surface area contributed by atoms with Gasteiger partial charge >= 0.3 is 0 Å². The van der Waals surface area contributed by atoms with E-state index >= 15 is 0 Å². The van der Waals surface area contributed by atoms with Gasteiger partial charge in [0, 0.05) is 37.7 Å². The van der Waals surface area contributed by atoms with Gasteiger partial charge in [-0.2, -0.15) is 0 Å². The number of nitrogens with two attached hydrogens (primary N) is 1. The second-order valence-electron chi connectivity index (χ2n) is 6.22. The molecule has 1 amide bonds. The molecule has 1 aliphatic rings. The van der Waals surface area contributed by atoms with E-state index in [-0.39, 0.29) is 17.4 Å². The number of amides is 1. The summed E-state index contributed by atoms with van der Waals surface area (Å²) in [5.74, 6) is 0.0700. The van der Waals surface area contributed by atoms with Crippen LogP contribution in [0.2, 0.25) is 0 Å². The SMILES string of the molecule is CC1(C)CN(C(=O)c2ccc3nccn3c2)CCC1N. The topological polar surface area (TPSA) is 63.6 Å². The Kier molecular flexibility index (Phi) is 3.01. The lowest BCUT2D eigenvalue weighted by Gasteiger charge is -2.42. The third-order valence-corrected chi connectivity index (χ3v) is 4.24. The molecule has 106 valence electrons. The van der Waals surface area contributed by atoms with E-state index < -0.39 is 0 Å². The average Bonchev–Trinajstić information content (AvgIpc) is 2.88. The minimum atomic E-state index is -0.0347. The lowest BCUT2D eigenvalue weighted by atomic mass is 9.79. The van der Waals surface area contributed by atoms with Gasteiger partial charge in [-0.1, -0.05) is 13.8 Å². The summed E-state index contributed by atoms with van der Waals surface area (Å²) in [7, 11) is 0. The van der Waals surface area contributed by atoms with Gasteiger partial charge in [-0.15, -0.1) is 0 Å². The third kappa shape index (κ3) is 2.18.